The molecule has 0 aromatic rings. The molecule has 4 saturated carbocycles. The molecule has 32 heavy (non-hydrogen) atoms. The van der Waals surface area contributed by atoms with Crippen LogP contribution in [-0.2, 0) is 9.78 Å². The summed E-state index contributed by atoms with van der Waals surface area (Å²) in [4.78, 5) is 12.9. The van der Waals surface area contributed by atoms with E-state index in [2.05, 4.69) is 53.7 Å². The van der Waals surface area contributed by atoms with E-state index in [-0.39, 0.29) is 17.1 Å². The van der Waals surface area contributed by atoms with E-state index in [0.717, 1.165) is 48.3 Å². The zero-order valence-corrected chi connectivity index (χ0v) is 21.3. The van der Waals surface area contributed by atoms with Crippen LogP contribution in [0.5, 0.6) is 0 Å². The van der Waals surface area contributed by atoms with Gasteiger partial charge < -0.3 is 5.11 Å². The number of fused-ring (bicyclic) bond motifs is 2. The Morgan fingerprint density at radius 2 is 1.66 bits per heavy atom. The van der Waals surface area contributed by atoms with Gasteiger partial charge in [-0.2, -0.15) is 0 Å². The molecule has 2 heterocycles. The molecular formula is C29H46O3. The minimum absolute atomic E-state index is 0.0819. The molecule has 0 amide bonds. The zero-order valence-electron chi connectivity index (χ0n) is 21.3. The van der Waals surface area contributed by atoms with Crippen LogP contribution in [0.2, 0.25) is 0 Å². The van der Waals surface area contributed by atoms with Crippen LogP contribution in [0.4, 0.5) is 0 Å². The fraction of sp³-hybridized carbons (Fsp3) is 0.931. The van der Waals surface area contributed by atoms with E-state index in [0.29, 0.717) is 23.7 Å². The first-order valence-corrected chi connectivity index (χ1v) is 13.8. The Morgan fingerprint density at radius 1 is 0.875 bits per heavy atom. The summed E-state index contributed by atoms with van der Waals surface area (Å²) in [6, 6.07) is 0. The lowest BCUT2D eigenvalue weighted by atomic mass is 9.42. The maximum atomic E-state index is 10.4. The average Bonchev–Trinajstić information content (AvgIpc) is 3.47. The molecule has 0 aromatic heterocycles. The Kier molecular flexibility index (Phi) is 4.73. The highest BCUT2D eigenvalue weighted by atomic mass is 17.2. The first-order valence-electron chi connectivity index (χ1n) is 13.8. The molecule has 7 aliphatic rings. The second-order valence-electron chi connectivity index (χ2n) is 13.9. The molecule has 2 spiro atoms. The lowest BCUT2D eigenvalue weighted by Gasteiger charge is -2.69. The van der Waals surface area contributed by atoms with Gasteiger partial charge >= 0.3 is 0 Å². The van der Waals surface area contributed by atoms with Crippen molar-refractivity contribution in [2.45, 2.75) is 110 Å². The van der Waals surface area contributed by atoms with Crippen molar-refractivity contribution >= 4 is 0 Å². The number of aliphatic hydroxyl groups is 1. The third-order valence-corrected chi connectivity index (χ3v) is 12.6. The number of aliphatic hydroxyl groups excluding tert-OH is 1. The minimum Gasteiger partial charge on any atom is -0.393 e. The third-order valence-electron chi connectivity index (χ3n) is 12.6. The summed E-state index contributed by atoms with van der Waals surface area (Å²) in [5.41, 5.74) is -0.253. The fourth-order valence-corrected chi connectivity index (χ4v) is 10.2. The van der Waals surface area contributed by atoms with Crippen LogP contribution in [-0.4, -0.2) is 22.4 Å². The van der Waals surface area contributed by atoms with Gasteiger partial charge in [0, 0.05) is 23.7 Å². The smallest absolute Gasteiger partial charge is 0.130 e. The van der Waals surface area contributed by atoms with E-state index < -0.39 is 5.60 Å². The summed E-state index contributed by atoms with van der Waals surface area (Å²) < 4.78 is 0. The molecule has 7 rings (SSSR count). The molecular weight excluding hydrogens is 396 g/mol. The van der Waals surface area contributed by atoms with E-state index in [9.17, 15) is 5.11 Å². The summed E-state index contributed by atoms with van der Waals surface area (Å²) in [5, 5.41) is 10.4. The largest absolute Gasteiger partial charge is 0.393 e. The van der Waals surface area contributed by atoms with Crippen molar-refractivity contribution in [3.05, 3.63) is 12.2 Å². The van der Waals surface area contributed by atoms with E-state index in [4.69, 9.17) is 9.78 Å². The van der Waals surface area contributed by atoms with Crippen LogP contribution in [0, 0.1) is 58.2 Å². The predicted octanol–water partition coefficient (Wildman–Crippen LogP) is 6.55. The molecule has 0 unspecified atom stereocenters. The van der Waals surface area contributed by atoms with Crippen LogP contribution in [0.3, 0.4) is 0 Å². The van der Waals surface area contributed by atoms with E-state index >= 15 is 0 Å². The summed E-state index contributed by atoms with van der Waals surface area (Å²) in [6.07, 6.45) is 13.8. The lowest BCUT2D eigenvalue weighted by molar-refractivity contribution is -0.497. The zero-order chi connectivity index (χ0) is 22.7. The predicted molar refractivity (Wildman–Crippen MR) is 127 cm³/mol. The highest BCUT2D eigenvalue weighted by molar-refractivity contribution is 5.33. The average molecular weight is 443 g/mol. The molecule has 3 heteroatoms. The topological polar surface area (TPSA) is 38.7 Å². The second-order valence-corrected chi connectivity index (χ2v) is 13.9. The number of rotatable bonds is 4. The molecule has 2 bridgehead atoms. The summed E-state index contributed by atoms with van der Waals surface area (Å²) >= 11 is 0. The SMILES string of the molecule is CC(C)[C@@H](C)[C@H]1C[C@H]1[C@@H](C)[C@H]1CC[C@@H]2[C@]1(C)CC[C@H]1[C@]23C=C[C@]2(C[C@@H](O)CC[C@]12C)OO3. The Hall–Kier alpha value is -0.380. The molecule has 0 radical (unpaired) electrons. The van der Waals surface area contributed by atoms with Gasteiger partial charge in [-0.3, -0.25) is 0 Å². The van der Waals surface area contributed by atoms with Crippen molar-refractivity contribution in [1.29, 1.82) is 0 Å². The Balaban J connectivity index is 1.29. The van der Waals surface area contributed by atoms with Crippen molar-refractivity contribution < 1.29 is 14.9 Å². The maximum absolute atomic E-state index is 10.4. The normalized spacial score (nSPS) is 57.6. The molecule has 12 atom stereocenters. The summed E-state index contributed by atoms with van der Waals surface area (Å²) in [5.74, 6) is 6.23. The molecule has 1 N–H and O–H groups in total. The van der Waals surface area contributed by atoms with Crippen molar-refractivity contribution in [3.8, 4) is 0 Å². The van der Waals surface area contributed by atoms with Gasteiger partial charge in [0.25, 0.3) is 0 Å². The van der Waals surface area contributed by atoms with Crippen LogP contribution in [0.25, 0.3) is 0 Å². The lowest BCUT2D eigenvalue weighted by Crippen LogP contribution is -2.73. The van der Waals surface area contributed by atoms with Crippen LogP contribution < -0.4 is 0 Å². The van der Waals surface area contributed by atoms with Crippen molar-refractivity contribution in [1.82, 2.24) is 0 Å². The van der Waals surface area contributed by atoms with E-state index in [1.807, 2.05) is 0 Å². The highest BCUT2D eigenvalue weighted by Crippen LogP contribution is 2.73. The van der Waals surface area contributed by atoms with Crippen LogP contribution in [0.1, 0.15) is 92.9 Å². The van der Waals surface area contributed by atoms with Crippen LogP contribution in [0.15, 0.2) is 12.2 Å². The standard InChI is InChI=1S/C29H46O3/c1-17(2)18(3)21-15-22(21)19(4)23-7-8-24-26(23,5)11-10-25-27(6)12-9-20(30)16-28(27)13-14-29(24,25)32-31-28/h13-14,17-25,30H,7-12,15-16H2,1-6H3/t18-,19-,20+,21-,22+,23-,24-,25-,26-,27-,28-,29+/m1/s1. The van der Waals surface area contributed by atoms with Gasteiger partial charge in [0.15, 0.2) is 0 Å². The minimum atomic E-state index is -0.426. The van der Waals surface area contributed by atoms with Gasteiger partial charge in [-0.15, -0.1) is 0 Å². The maximum Gasteiger partial charge on any atom is 0.130 e. The van der Waals surface area contributed by atoms with Gasteiger partial charge in [-0.25, -0.2) is 9.78 Å². The molecule has 180 valence electrons. The van der Waals surface area contributed by atoms with Gasteiger partial charge in [-0.05, 0) is 91.9 Å². The fourth-order valence-electron chi connectivity index (χ4n) is 10.2. The molecule has 1 saturated heterocycles. The first-order chi connectivity index (χ1) is 15.1. The third kappa shape index (κ3) is 2.60. The van der Waals surface area contributed by atoms with Crippen LogP contribution >= 0.6 is 0 Å². The summed E-state index contributed by atoms with van der Waals surface area (Å²) in [6.45, 7) is 14.9. The Bertz CT molecular complexity index is 806. The monoisotopic (exact) mass is 442 g/mol. The molecule has 0 aromatic carbocycles. The summed E-state index contributed by atoms with van der Waals surface area (Å²) in [7, 11) is 0. The van der Waals surface area contributed by atoms with Gasteiger partial charge in [0.05, 0.1) is 6.10 Å². The Labute approximate surface area is 195 Å². The quantitative estimate of drug-likeness (QED) is 0.396. The first kappa shape index (κ1) is 22.1. The molecule has 5 fully saturated rings. The van der Waals surface area contributed by atoms with Gasteiger partial charge in [0.1, 0.15) is 11.2 Å². The van der Waals surface area contributed by atoms with Crippen molar-refractivity contribution in [2.24, 2.45) is 58.2 Å². The van der Waals surface area contributed by atoms with Crippen molar-refractivity contribution in [3.63, 3.8) is 0 Å². The molecule has 3 nitrogen and oxygen atoms in total. The number of hydrogen-bond acceptors (Lipinski definition) is 3. The van der Waals surface area contributed by atoms with Gasteiger partial charge in [-0.1, -0.05) is 47.6 Å². The van der Waals surface area contributed by atoms with Crippen molar-refractivity contribution in [2.75, 3.05) is 0 Å². The number of hydrogen-bond donors (Lipinski definition) is 1. The highest BCUT2D eigenvalue weighted by Gasteiger charge is 2.74. The van der Waals surface area contributed by atoms with E-state index in [1.165, 1.54) is 32.1 Å². The second kappa shape index (κ2) is 6.85. The van der Waals surface area contributed by atoms with E-state index in [1.54, 1.807) is 0 Å². The van der Waals surface area contributed by atoms with Gasteiger partial charge in [0.2, 0.25) is 0 Å². The Morgan fingerprint density at radius 3 is 2.34 bits per heavy atom. The molecule has 5 aliphatic carbocycles. The molecule has 2 aliphatic heterocycles.